The molecular weight excluding hydrogens is 384 g/mol. The number of aliphatic hydroxyl groups is 1. The topological polar surface area (TPSA) is 113 Å². The van der Waals surface area contributed by atoms with Crippen LogP contribution >= 0.6 is 0 Å². The van der Waals surface area contributed by atoms with E-state index in [-0.39, 0.29) is 17.6 Å². The van der Waals surface area contributed by atoms with Crippen LogP contribution in [-0.4, -0.2) is 47.0 Å². The van der Waals surface area contributed by atoms with Crippen molar-refractivity contribution in [3.8, 4) is 0 Å². The van der Waals surface area contributed by atoms with Gasteiger partial charge in [-0.05, 0) is 38.5 Å². The first-order valence-electron chi connectivity index (χ1n) is 9.87. The van der Waals surface area contributed by atoms with Crippen LogP contribution in [0.1, 0.15) is 63.9 Å². The smallest absolute Gasteiger partial charge is 0.292 e. The van der Waals surface area contributed by atoms with Crippen LogP contribution in [0.5, 0.6) is 0 Å². The number of hydrogen-bond acceptors (Lipinski definition) is 6. The van der Waals surface area contributed by atoms with Gasteiger partial charge in [0.15, 0.2) is 0 Å². The lowest BCUT2D eigenvalue weighted by Crippen LogP contribution is -2.41. The number of aromatic amines is 1. The summed E-state index contributed by atoms with van der Waals surface area (Å²) in [7, 11) is 0. The van der Waals surface area contributed by atoms with Crippen molar-refractivity contribution in [1.29, 1.82) is 0 Å². The van der Waals surface area contributed by atoms with E-state index in [9.17, 15) is 9.90 Å². The lowest BCUT2D eigenvalue weighted by Gasteiger charge is -2.33. The lowest BCUT2D eigenvalue weighted by atomic mass is 9.99. The van der Waals surface area contributed by atoms with Crippen molar-refractivity contribution in [2.45, 2.75) is 39.3 Å². The summed E-state index contributed by atoms with van der Waals surface area (Å²) in [4.78, 5) is 27.1. The Kier molecular flexibility index (Phi) is 4.21. The largest absolute Gasteiger partial charge is 0.432 e. The van der Waals surface area contributed by atoms with Crippen molar-refractivity contribution in [1.82, 2.24) is 29.5 Å². The number of nitrogens with zero attached hydrogens (tertiary/aromatic N) is 5. The maximum atomic E-state index is 13.5. The standard InChI is InChI=1S/C21H22N6O3/c1-11-5-4-7-27-16(11)9-15(25-27)18-17-14(22-10-23-17)6-8-26(18)21(29)19-12(2)24-20(30-19)13(3)28/h4-5,7,9-10,13,18,28H,6,8H2,1-3H3,(H,22,23)/t13?,18-/m0/s1. The Morgan fingerprint density at radius 3 is 2.97 bits per heavy atom. The molecule has 0 aliphatic carbocycles. The molecule has 5 rings (SSSR count). The Labute approximate surface area is 172 Å². The number of oxazole rings is 1. The second-order valence-corrected chi connectivity index (χ2v) is 7.65. The van der Waals surface area contributed by atoms with Crippen molar-refractivity contribution >= 4 is 11.4 Å². The molecule has 1 unspecified atom stereocenters. The zero-order valence-electron chi connectivity index (χ0n) is 17.0. The Morgan fingerprint density at radius 1 is 1.40 bits per heavy atom. The normalized spacial score (nSPS) is 17.3. The number of carbonyl (C=O) groups excluding carboxylic acids is 1. The van der Waals surface area contributed by atoms with E-state index < -0.39 is 12.1 Å². The van der Waals surface area contributed by atoms with E-state index in [1.54, 1.807) is 25.1 Å². The van der Waals surface area contributed by atoms with E-state index in [1.165, 1.54) is 0 Å². The molecule has 1 aliphatic rings. The van der Waals surface area contributed by atoms with Gasteiger partial charge in [-0.1, -0.05) is 6.07 Å². The van der Waals surface area contributed by atoms with Gasteiger partial charge >= 0.3 is 0 Å². The molecule has 0 bridgehead atoms. The maximum Gasteiger partial charge on any atom is 0.292 e. The van der Waals surface area contributed by atoms with Gasteiger partial charge in [0.05, 0.1) is 28.9 Å². The van der Waals surface area contributed by atoms with Gasteiger partial charge in [-0.2, -0.15) is 5.10 Å². The Bertz CT molecular complexity index is 1250. The van der Waals surface area contributed by atoms with Gasteiger partial charge in [0.2, 0.25) is 11.7 Å². The van der Waals surface area contributed by atoms with Gasteiger partial charge in [-0.15, -0.1) is 0 Å². The molecule has 154 valence electrons. The Hall–Kier alpha value is -3.46. The summed E-state index contributed by atoms with van der Waals surface area (Å²) in [6.07, 6.45) is 3.31. The van der Waals surface area contributed by atoms with Crippen molar-refractivity contribution in [2.75, 3.05) is 6.54 Å². The second kappa shape index (κ2) is 6.81. The number of aromatic nitrogens is 5. The number of imidazole rings is 1. The minimum absolute atomic E-state index is 0.133. The molecule has 4 aromatic heterocycles. The molecule has 30 heavy (non-hydrogen) atoms. The number of amides is 1. The molecule has 0 radical (unpaired) electrons. The van der Waals surface area contributed by atoms with Gasteiger partial charge in [0.1, 0.15) is 12.1 Å². The van der Waals surface area contributed by atoms with Crippen LogP contribution in [0.15, 0.2) is 35.1 Å². The quantitative estimate of drug-likeness (QED) is 0.541. The van der Waals surface area contributed by atoms with Crippen LogP contribution in [0.25, 0.3) is 5.52 Å². The molecule has 0 aromatic carbocycles. The minimum atomic E-state index is -0.887. The fourth-order valence-electron chi connectivity index (χ4n) is 4.03. The summed E-state index contributed by atoms with van der Waals surface area (Å²) in [5, 5.41) is 14.5. The highest BCUT2D eigenvalue weighted by atomic mass is 16.4. The van der Waals surface area contributed by atoms with Gasteiger partial charge in [0, 0.05) is 24.9 Å². The summed E-state index contributed by atoms with van der Waals surface area (Å²) in [6, 6.07) is 5.52. The van der Waals surface area contributed by atoms with Gasteiger partial charge in [-0.3, -0.25) is 4.79 Å². The van der Waals surface area contributed by atoms with E-state index in [0.29, 0.717) is 18.7 Å². The molecule has 0 saturated heterocycles. The number of aliphatic hydroxyl groups excluding tert-OH is 1. The van der Waals surface area contributed by atoms with Crippen LogP contribution in [0.2, 0.25) is 0 Å². The number of pyridine rings is 1. The van der Waals surface area contributed by atoms with Crippen LogP contribution in [0.4, 0.5) is 0 Å². The molecule has 1 amide bonds. The number of fused-ring (bicyclic) bond motifs is 2. The molecule has 2 N–H and O–H groups in total. The molecule has 5 heterocycles. The zero-order chi connectivity index (χ0) is 21.0. The first-order valence-corrected chi connectivity index (χ1v) is 9.87. The number of hydrogen-bond donors (Lipinski definition) is 2. The number of H-pyrrole nitrogens is 1. The highest BCUT2D eigenvalue weighted by Gasteiger charge is 2.38. The van der Waals surface area contributed by atoms with Gasteiger partial charge in [0.25, 0.3) is 5.91 Å². The molecule has 9 nitrogen and oxygen atoms in total. The van der Waals surface area contributed by atoms with E-state index in [1.807, 2.05) is 35.8 Å². The fourth-order valence-corrected chi connectivity index (χ4v) is 4.03. The predicted molar refractivity (Wildman–Crippen MR) is 107 cm³/mol. The summed E-state index contributed by atoms with van der Waals surface area (Å²) >= 11 is 0. The van der Waals surface area contributed by atoms with Gasteiger partial charge < -0.3 is 19.4 Å². The number of rotatable bonds is 3. The number of nitrogens with one attached hydrogen (secondary N) is 1. The molecule has 0 spiro atoms. The summed E-state index contributed by atoms with van der Waals surface area (Å²) < 4.78 is 7.44. The highest BCUT2D eigenvalue weighted by molar-refractivity contribution is 5.93. The molecule has 0 saturated carbocycles. The minimum Gasteiger partial charge on any atom is -0.432 e. The third-order valence-electron chi connectivity index (χ3n) is 5.56. The summed E-state index contributed by atoms with van der Waals surface area (Å²) in [5.41, 5.74) is 5.04. The molecule has 1 aliphatic heterocycles. The molecule has 0 fully saturated rings. The third-order valence-corrected chi connectivity index (χ3v) is 5.56. The average molecular weight is 406 g/mol. The highest BCUT2D eigenvalue weighted by Crippen LogP contribution is 2.35. The maximum absolute atomic E-state index is 13.5. The molecule has 9 heteroatoms. The van der Waals surface area contributed by atoms with Crippen LogP contribution < -0.4 is 0 Å². The second-order valence-electron chi connectivity index (χ2n) is 7.65. The molecule has 4 aromatic rings. The first kappa shape index (κ1) is 18.6. The van der Waals surface area contributed by atoms with Gasteiger partial charge in [-0.25, -0.2) is 14.5 Å². The lowest BCUT2D eigenvalue weighted by molar-refractivity contribution is 0.0644. The molecule has 2 atom stereocenters. The van der Waals surface area contributed by atoms with E-state index in [4.69, 9.17) is 9.52 Å². The van der Waals surface area contributed by atoms with Crippen molar-refractivity contribution in [3.05, 3.63) is 70.7 Å². The average Bonchev–Trinajstić information content (AvgIpc) is 3.44. The summed E-state index contributed by atoms with van der Waals surface area (Å²) in [6.45, 7) is 5.77. The number of aryl methyl sites for hydroxylation is 2. The van der Waals surface area contributed by atoms with E-state index in [2.05, 4.69) is 15.0 Å². The first-order chi connectivity index (χ1) is 14.4. The van der Waals surface area contributed by atoms with Crippen molar-refractivity contribution in [2.24, 2.45) is 0 Å². The van der Waals surface area contributed by atoms with Crippen LogP contribution in [-0.2, 0) is 6.42 Å². The van der Waals surface area contributed by atoms with Crippen LogP contribution in [0.3, 0.4) is 0 Å². The zero-order valence-corrected chi connectivity index (χ0v) is 17.0. The monoisotopic (exact) mass is 406 g/mol. The molecular formula is C21H22N6O3. The van der Waals surface area contributed by atoms with Crippen molar-refractivity contribution in [3.63, 3.8) is 0 Å². The Balaban J connectivity index is 1.62. The predicted octanol–water partition coefficient (Wildman–Crippen LogP) is 2.50. The van der Waals surface area contributed by atoms with Crippen LogP contribution in [0, 0.1) is 13.8 Å². The van der Waals surface area contributed by atoms with Crippen molar-refractivity contribution < 1.29 is 14.3 Å². The summed E-state index contributed by atoms with van der Waals surface area (Å²) in [5.74, 6) is -0.0256. The third kappa shape index (κ3) is 2.81. The van der Waals surface area contributed by atoms with E-state index in [0.717, 1.165) is 28.2 Å². The number of carbonyl (C=O) groups is 1. The van der Waals surface area contributed by atoms with E-state index >= 15 is 0 Å². The SMILES string of the molecule is Cc1nc(C(C)O)oc1C(=O)N1CCc2[nH]cnc2[C@@H]1c1cc2c(C)cccn2n1. The fraction of sp³-hybridized carbons (Fsp3) is 0.333. The Morgan fingerprint density at radius 2 is 2.23 bits per heavy atom.